The SMILES string of the molecule is O=C(O)CC1CCN(C(=O)[C@@H]2CCOC2)CC1. The topological polar surface area (TPSA) is 66.8 Å². The van der Waals surface area contributed by atoms with E-state index in [2.05, 4.69) is 0 Å². The molecule has 2 rings (SSSR count). The Hall–Kier alpha value is -1.10. The molecule has 0 unspecified atom stereocenters. The van der Waals surface area contributed by atoms with Gasteiger partial charge in [-0.25, -0.2) is 0 Å². The minimum absolute atomic E-state index is 0.0334. The lowest BCUT2D eigenvalue weighted by Gasteiger charge is -2.32. The molecule has 2 aliphatic rings. The molecule has 1 amide bonds. The van der Waals surface area contributed by atoms with Gasteiger partial charge in [0.1, 0.15) is 0 Å². The van der Waals surface area contributed by atoms with E-state index >= 15 is 0 Å². The van der Waals surface area contributed by atoms with E-state index in [-0.39, 0.29) is 24.2 Å². The second kappa shape index (κ2) is 5.49. The van der Waals surface area contributed by atoms with Gasteiger partial charge in [-0.15, -0.1) is 0 Å². The van der Waals surface area contributed by atoms with E-state index < -0.39 is 5.97 Å². The molecule has 5 heteroatoms. The highest BCUT2D eigenvalue weighted by molar-refractivity contribution is 5.79. The molecule has 0 spiro atoms. The first-order valence-electron chi connectivity index (χ1n) is 6.25. The summed E-state index contributed by atoms with van der Waals surface area (Å²) >= 11 is 0. The molecule has 1 atom stereocenters. The van der Waals surface area contributed by atoms with Crippen LogP contribution in [0.25, 0.3) is 0 Å². The van der Waals surface area contributed by atoms with Crippen molar-refractivity contribution < 1.29 is 19.4 Å². The Morgan fingerprint density at radius 2 is 1.94 bits per heavy atom. The number of piperidine rings is 1. The molecule has 17 heavy (non-hydrogen) atoms. The quantitative estimate of drug-likeness (QED) is 0.791. The molecule has 96 valence electrons. The summed E-state index contributed by atoms with van der Waals surface area (Å²) in [4.78, 5) is 24.5. The smallest absolute Gasteiger partial charge is 0.303 e. The number of carbonyl (C=O) groups excluding carboxylic acids is 1. The van der Waals surface area contributed by atoms with E-state index in [1.54, 1.807) is 0 Å². The van der Waals surface area contributed by atoms with Gasteiger partial charge in [-0.2, -0.15) is 0 Å². The van der Waals surface area contributed by atoms with E-state index in [0.717, 1.165) is 19.3 Å². The number of amides is 1. The molecule has 2 saturated heterocycles. The van der Waals surface area contributed by atoms with Crippen molar-refractivity contribution in [2.24, 2.45) is 11.8 Å². The predicted octanol–water partition coefficient (Wildman–Crippen LogP) is 0.736. The van der Waals surface area contributed by atoms with E-state index in [0.29, 0.717) is 26.3 Å². The first-order chi connectivity index (χ1) is 8.16. The Labute approximate surface area is 101 Å². The number of hydrogen-bond donors (Lipinski definition) is 1. The molecule has 5 nitrogen and oxygen atoms in total. The second-order valence-electron chi connectivity index (χ2n) is 4.93. The van der Waals surface area contributed by atoms with Gasteiger partial charge in [0.2, 0.25) is 5.91 Å². The van der Waals surface area contributed by atoms with Gasteiger partial charge >= 0.3 is 5.97 Å². The third-order valence-corrected chi connectivity index (χ3v) is 3.67. The Balaban J connectivity index is 1.78. The molecule has 0 radical (unpaired) electrons. The molecule has 2 heterocycles. The lowest BCUT2D eigenvalue weighted by Crippen LogP contribution is -2.42. The van der Waals surface area contributed by atoms with E-state index in [1.165, 1.54) is 0 Å². The Kier molecular flexibility index (Phi) is 3.99. The summed E-state index contributed by atoms with van der Waals surface area (Å²) in [5.74, 6) is -0.280. The van der Waals surface area contributed by atoms with Crippen molar-refractivity contribution in [2.45, 2.75) is 25.7 Å². The number of likely N-dealkylation sites (tertiary alicyclic amines) is 1. The van der Waals surface area contributed by atoms with Crippen LogP contribution in [0.1, 0.15) is 25.7 Å². The maximum Gasteiger partial charge on any atom is 0.303 e. The molecule has 0 saturated carbocycles. The molecule has 0 aromatic heterocycles. The molecule has 0 aromatic carbocycles. The summed E-state index contributed by atoms with van der Waals surface area (Å²) in [5, 5.41) is 8.72. The number of hydrogen-bond acceptors (Lipinski definition) is 3. The fourth-order valence-corrected chi connectivity index (χ4v) is 2.59. The van der Waals surface area contributed by atoms with Crippen LogP contribution in [0.5, 0.6) is 0 Å². The van der Waals surface area contributed by atoms with Crippen molar-refractivity contribution in [2.75, 3.05) is 26.3 Å². The average Bonchev–Trinajstić information content (AvgIpc) is 2.82. The van der Waals surface area contributed by atoms with E-state index in [9.17, 15) is 9.59 Å². The maximum atomic E-state index is 12.1. The minimum Gasteiger partial charge on any atom is -0.481 e. The molecular formula is C12H19NO4. The number of carbonyl (C=O) groups is 2. The summed E-state index contributed by atoms with van der Waals surface area (Å²) in [6, 6.07) is 0. The van der Waals surface area contributed by atoms with Gasteiger partial charge in [-0.1, -0.05) is 0 Å². The monoisotopic (exact) mass is 241 g/mol. The van der Waals surface area contributed by atoms with E-state index in [1.807, 2.05) is 4.90 Å². The van der Waals surface area contributed by atoms with Crippen LogP contribution in [0.4, 0.5) is 0 Å². The lowest BCUT2D eigenvalue weighted by molar-refractivity contribution is -0.139. The standard InChI is InChI=1S/C12H19NO4/c14-11(15)7-9-1-4-13(5-2-9)12(16)10-3-6-17-8-10/h9-10H,1-8H2,(H,14,15)/t10-/m1/s1. The zero-order valence-corrected chi connectivity index (χ0v) is 9.93. The number of nitrogens with zero attached hydrogens (tertiary/aromatic N) is 1. The van der Waals surface area contributed by atoms with Crippen molar-refractivity contribution in [3.8, 4) is 0 Å². The average molecular weight is 241 g/mol. The normalized spacial score (nSPS) is 26.1. The van der Waals surface area contributed by atoms with Gasteiger partial charge in [0.15, 0.2) is 0 Å². The highest BCUT2D eigenvalue weighted by Crippen LogP contribution is 2.23. The summed E-state index contributed by atoms with van der Waals surface area (Å²) in [5.41, 5.74) is 0. The number of aliphatic carboxylic acids is 1. The molecule has 0 aliphatic carbocycles. The Morgan fingerprint density at radius 3 is 2.47 bits per heavy atom. The van der Waals surface area contributed by atoms with Gasteiger partial charge < -0.3 is 14.7 Å². The first-order valence-corrected chi connectivity index (χ1v) is 6.25. The molecule has 2 aliphatic heterocycles. The Morgan fingerprint density at radius 1 is 1.24 bits per heavy atom. The van der Waals surface area contributed by atoms with Crippen molar-refractivity contribution in [1.82, 2.24) is 4.90 Å². The first kappa shape index (κ1) is 12.4. The summed E-state index contributed by atoms with van der Waals surface area (Å²) < 4.78 is 5.22. The number of rotatable bonds is 3. The summed E-state index contributed by atoms with van der Waals surface area (Å²) in [6.45, 7) is 2.64. The van der Waals surface area contributed by atoms with Crippen LogP contribution in [-0.2, 0) is 14.3 Å². The fourth-order valence-electron chi connectivity index (χ4n) is 2.59. The number of ether oxygens (including phenoxy) is 1. The molecule has 0 bridgehead atoms. The number of carboxylic acids is 1. The number of carboxylic acid groups (broad SMARTS) is 1. The Bertz CT molecular complexity index is 291. The van der Waals surface area contributed by atoms with E-state index in [4.69, 9.17) is 9.84 Å². The predicted molar refractivity (Wildman–Crippen MR) is 60.5 cm³/mol. The van der Waals surface area contributed by atoms with Gasteiger partial charge in [-0.3, -0.25) is 9.59 Å². The van der Waals surface area contributed by atoms with Gasteiger partial charge in [0, 0.05) is 26.1 Å². The maximum absolute atomic E-state index is 12.1. The van der Waals surface area contributed by atoms with Crippen LogP contribution in [-0.4, -0.2) is 48.2 Å². The third-order valence-electron chi connectivity index (χ3n) is 3.67. The van der Waals surface area contributed by atoms with Crippen molar-refractivity contribution in [1.29, 1.82) is 0 Å². The van der Waals surface area contributed by atoms with Gasteiger partial charge in [0.25, 0.3) is 0 Å². The minimum atomic E-state index is -0.737. The third kappa shape index (κ3) is 3.19. The molecule has 1 N–H and O–H groups in total. The van der Waals surface area contributed by atoms with Crippen LogP contribution in [0.3, 0.4) is 0 Å². The van der Waals surface area contributed by atoms with Crippen LogP contribution in [0, 0.1) is 11.8 Å². The highest BCUT2D eigenvalue weighted by Gasteiger charge is 2.30. The molecular weight excluding hydrogens is 222 g/mol. The van der Waals surface area contributed by atoms with Crippen molar-refractivity contribution in [3.63, 3.8) is 0 Å². The fraction of sp³-hybridized carbons (Fsp3) is 0.833. The van der Waals surface area contributed by atoms with Gasteiger partial charge in [0.05, 0.1) is 12.5 Å². The largest absolute Gasteiger partial charge is 0.481 e. The second-order valence-corrected chi connectivity index (χ2v) is 4.93. The van der Waals surface area contributed by atoms with Crippen LogP contribution >= 0.6 is 0 Å². The summed E-state index contributed by atoms with van der Waals surface area (Å²) in [7, 11) is 0. The van der Waals surface area contributed by atoms with Crippen LogP contribution in [0.2, 0.25) is 0 Å². The lowest BCUT2D eigenvalue weighted by atomic mass is 9.93. The van der Waals surface area contributed by atoms with Gasteiger partial charge in [-0.05, 0) is 25.2 Å². The zero-order chi connectivity index (χ0) is 12.3. The molecule has 2 fully saturated rings. The van der Waals surface area contributed by atoms with Crippen molar-refractivity contribution in [3.05, 3.63) is 0 Å². The van der Waals surface area contributed by atoms with Crippen LogP contribution < -0.4 is 0 Å². The summed E-state index contributed by atoms with van der Waals surface area (Å²) in [6.07, 6.45) is 2.68. The van der Waals surface area contributed by atoms with Crippen LogP contribution in [0.15, 0.2) is 0 Å². The molecule has 0 aromatic rings. The van der Waals surface area contributed by atoms with Crippen molar-refractivity contribution >= 4 is 11.9 Å². The highest BCUT2D eigenvalue weighted by atomic mass is 16.5. The zero-order valence-electron chi connectivity index (χ0n) is 9.93.